The van der Waals surface area contributed by atoms with E-state index in [2.05, 4.69) is 20.8 Å². The van der Waals surface area contributed by atoms with Gasteiger partial charge in [0.1, 0.15) is 58.9 Å². The molecule has 204 valence electrons. The second kappa shape index (κ2) is 12.6. The largest absolute Gasteiger partial charge is 0.477 e. The number of fused-ring (bicyclic) bond motifs is 1. The van der Waals surface area contributed by atoms with Crippen molar-refractivity contribution in [2.45, 2.75) is 24.8 Å². The number of Topliss-reactive ketones (excluding diaryl/α,β-unsaturated/α-hetero) is 1. The maximum atomic E-state index is 13.0. The van der Waals surface area contributed by atoms with Gasteiger partial charge in [0.05, 0.1) is 0 Å². The van der Waals surface area contributed by atoms with Crippen LogP contribution in [0.15, 0.2) is 16.4 Å². The highest BCUT2D eigenvalue weighted by atomic mass is 35.5. The fourth-order valence-electron chi connectivity index (χ4n) is 3.36. The molecule has 18 heteroatoms. The van der Waals surface area contributed by atoms with Crippen LogP contribution >= 0.6 is 46.3 Å². The van der Waals surface area contributed by atoms with E-state index in [0.717, 1.165) is 28.0 Å². The van der Waals surface area contributed by atoms with Crippen LogP contribution in [-0.2, 0) is 38.3 Å². The molecule has 1 aromatic rings. The summed E-state index contributed by atoms with van der Waals surface area (Å²) < 4.78 is 4.97. The highest BCUT2D eigenvalue weighted by molar-refractivity contribution is 8.00. The summed E-state index contributed by atoms with van der Waals surface area (Å²) in [4.78, 5) is 81.9. The molecule has 0 spiro atoms. The fraction of sp³-hybridized carbons (Fsp3) is 0.400. The van der Waals surface area contributed by atoms with Gasteiger partial charge in [-0.15, -0.1) is 23.4 Å². The number of nitrogens with one attached hydrogen (secondary N) is 2. The first-order chi connectivity index (χ1) is 18.0. The Labute approximate surface area is 232 Å². The van der Waals surface area contributed by atoms with Crippen molar-refractivity contribution < 1.29 is 43.4 Å². The lowest BCUT2D eigenvalue weighted by atomic mass is 10.0. The van der Waals surface area contributed by atoms with Crippen molar-refractivity contribution in [3.05, 3.63) is 21.3 Å². The van der Waals surface area contributed by atoms with Gasteiger partial charge in [0.2, 0.25) is 5.91 Å². The highest BCUT2D eigenvalue weighted by Gasteiger charge is 2.54. The quantitative estimate of drug-likeness (QED) is 0.0795. The molecule has 0 radical (unpaired) electrons. The van der Waals surface area contributed by atoms with E-state index in [9.17, 15) is 33.9 Å². The lowest BCUT2D eigenvalue weighted by molar-refractivity contribution is -0.150. The van der Waals surface area contributed by atoms with E-state index in [0.29, 0.717) is 0 Å². The van der Waals surface area contributed by atoms with Gasteiger partial charge in [-0.1, -0.05) is 28.1 Å². The van der Waals surface area contributed by atoms with E-state index >= 15 is 0 Å². The summed E-state index contributed by atoms with van der Waals surface area (Å²) in [6, 6.07) is -1.13. The number of ketones is 1. The second-order valence-corrected chi connectivity index (χ2v) is 10.6. The fourth-order valence-corrected chi connectivity index (χ4v) is 5.82. The highest BCUT2D eigenvalue weighted by Crippen LogP contribution is 2.40. The van der Waals surface area contributed by atoms with Gasteiger partial charge < -0.3 is 25.3 Å². The number of hydrogen-bond acceptors (Lipinski definition) is 12. The monoisotopic (exact) mass is 607 g/mol. The number of amides is 3. The van der Waals surface area contributed by atoms with Gasteiger partial charge in [-0.2, -0.15) is 0 Å². The molecular formula is C20H19Cl2N5O9S2. The van der Waals surface area contributed by atoms with Gasteiger partial charge in [0, 0.05) is 11.3 Å². The number of thioether (sulfide) groups is 1. The molecule has 14 nitrogen and oxygen atoms in total. The minimum absolute atomic E-state index is 0.00511. The molecule has 2 aliphatic rings. The summed E-state index contributed by atoms with van der Waals surface area (Å²) in [5.74, 6) is -5.08. The van der Waals surface area contributed by atoms with E-state index in [1.54, 1.807) is 0 Å². The number of carboxylic acids is 1. The number of hydrogen-bond donors (Lipinski definition) is 3. The Bertz CT molecular complexity index is 1270. The number of anilines is 1. The van der Waals surface area contributed by atoms with Gasteiger partial charge in [-0.25, -0.2) is 9.78 Å². The number of halogens is 2. The van der Waals surface area contributed by atoms with E-state index < -0.39 is 59.9 Å². The van der Waals surface area contributed by atoms with Crippen LogP contribution < -0.4 is 10.6 Å². The van der Waals surface area contributed by atoms with Gasteiger partial charge in [0.15, 0.2) is 10.8 Å². The summed E-state index contributed by atoms with van der Waals surface area (Å²) in [7, 11) is 1.17. The van der Waals surface area contributed by atoms with Crippen molar-refractivity contribution >= 4 is 92.6 Å². The van der Waals surface area contributed by atoms with E-state index in [1.165, 1.54) is 14.0 Å². The number of nitrogens with zero attached hydrogens (tertiary/aromatic N) is 3. The molecule has 3 heterocycles. The molecule has 1 aromatic heterocycles. The summed E-state index contributed by atoms with van der Waals surface area (Å²) >= 11 is 13.6. The second-order valence-electron chi connectivity index (χ2n) is 7.60. The number of aliphatic carboxylic acids is 1. The van der Waals surface area contributed by atoms with E-state index in [-0.39, 0.29) is 43.8 Å². The standard InChI is InChI=1S/C20H19Cl2N5O9S2/c1-7(28)3-10(30)36-5-8-6-37-18-13(17(32)27(18)14(8)19(33)34)24-16(31)12(26-35-2)11-15(22)38-20(25-11)23-9(29)4-21/h13,18H,3-6H2,1-2H3,(H,24,31)(H,33,34)(H,23,25,29)/t13-,18+/m1/s1. The number of β-lactam (4-membered cyclic amide) rings is 1. The number of rotatable bonds is 11. The number of esters is 1. The Morgan fingerprint density at radius 3 is 2.61 bits per heavy atom. The van der Waals surface area contributed by atoms with Gasteiger partial charge in [0.25, 0.3) is 11.8 Å². The van der Waals surface area contributed by atoms with Crippen LogP contribution in [-0.4, -0.2) is 92.9 Å². The first-order valence-corrected chi connectivity index (χ1v) is 13.3. The first-order valence-electron chi connectivity index (χ1n) is 10.5. The molecule has 1 fully saturated rings. The summed E-state index contributed by atoms with van der Waals surface area (Å²) in [5.41, 5.74) is -0.718. The normalized spacial score (nSPS) is 18.8. The maximum Gasteiger partial charge on any atom is 0.352 e. The Morgan fingerprint density at radius 1 is 1.29 bits per heavy atom. The van der Waals surface area contributed by atoms with Gasteiger partial charge >= 0.3 is 11.9 Å². The molecule has 2 atom stereocenters. The SMILES string of the molecule is CON=C(C(=O)N[C@@H]1C(=O)N2C(C(=O)O)=C(COC(=O)CC(C)=O)CS[C@@H]12)c1nc(NC(=O)CCl)sc1Cl. The van der Waals surface area contributed by atoms with Crippen LogP contribution in [0.1, 0.15) is 19.0 Å². The molecule has 3 amide bonds. The summed E-state index contributed by atoms with van der Waals surface area (Å²) in [6.45, 7) is 0.796. The zero-order chi connectivity index (χ0) is 28.1. The Balaban J connectivity index is 1.75. The van der Waals surface area contributed by atoms with Crippen LogP contribution in [0.25, 0.3) is 0 Å². The average Bonchev–Trinajstić information content (AvgIpc) is 3.21. The minimum atomic E-state index is -1.42. The third-order valence-corrected chi connectivity index (χ3v) is 7.66. The molecule has 2 aliphatic heterocycles. The number of ether oxygens (including phenoxy) is 1. The number of oxime groups is 1. The number of carbonyl (C=O) groups excluding carboxylic acids is 5. The maximum absolute atomic E-state index is 13.0. The minimum Gasteiger partial charge on any atom is -0.477 e. The van der Waals surface area contributed by atoms with Gasteiger partial charge in [-0.3, -0.25) is 28.9 Å². The van der Waals surface area contributed by atoms with Crippen molar-refractivity contribution in [2.24, 2.45) is 5.16 Å². The molecule has 38 heavy (non-hydrogen) atoms. The van der Waals surface area contributed by atoms with Crippen LogP contribution in [0.2, 0.25) is 4.34 Å². The molecule has 3 N–H and O–H groups in total. The van der Waals surface area contributed by atoms with Crippen molar-refractivity contribution in [1.29, 1.82) is 0 Å². The zero-order valence-electron chi connectivity index (χ0n) is 19.6. The van der Waals surface area contributed by atoms with Crippen LogP contribution in [0.5, 0.6) is 0 Å². The first kappa shape index (κ1) is 29.3. The molecular weight excluding hydrogens is 589 g/mol. The van der Waals surface area contributed by atoms with Crippen molar-refractivity contribution in [3.8, 4) is 0 Å². The Kier molecular flexibility index (Phi) is 9.70. The summed E-state index contributed by atoms with van der Waals surface area (Å²) in [6.07, 6.45) is -0.461. The third-order valence-electron chi connectivity index (χ3n) is 4.91. The molecule has 0 unspecified atom stereocenters. The molecule has 0 aromatic carbocycles. The third kappa shape index (κ3) is 6.43. The Hall–Kier alpha value is -3.21. The van der Waals surface area contributed by atoms with Crippen LogP contribution in [0, 0.1) is 0 Å². The lowest BCUT2D eigenvalue weighted by Crippen LogP contribution is -2.71. The van der Waals surface area contributed by atoms with E-state index in [4.69, 9.17) is 32.8 Å². The smallest absolute Gasteiger partial charge is 0.352 e. The lowest BCUT2D eigenvalue weighted by Gasteiger charge is -2.49. The van der Waals surface area contributed by atoms with Crippen LogP contribution in [0.3, 0.4) is 0 Å². The molecule has 0 saturated carbocycles. The number of carbonyl (C=O) groups is 6. The number of aromatic nitrogens is 1. The average molecular weight is 608 g/mol. The molecule has 1 saturated heterocycles. The van der Waals surface area contributed by atoms with E-state index in [1.807, 2.05) is 0 Å². The molecule has 3 rings (SSSR count). The molecule has 0 aliphatic carbocycles. The van der Waals surface area contributed by atoms with Crippen molar-refractivity contribution in [1.82, 2.24) is 15.2 Å². The van der Waals surface area contributed by atoms with Crippen molar-refractivity contribution in [3.63, 3.8) is 0 Å². The predicted octanol–water partition coefficient (Wildman–Crippen LogP) is 0.585. The van der Waals surface area contributed by atoms with Crippen LogP contribution in [0.4, 0.5) is 5.13 Å². The Morgan fingerprint density at radius 2 is 2.00 bits per heavy atom. The number of carboxylic acid groups (broad SMARTS) is 1. The molecule has 0 bridgehead atoms. The predicted molar refractivity (Wildman–Crippen MR) is 136 cm³/mol. The topological polar surface area (TPSA) is 194 Å². The number of thiazole rings is 1. The van der Waals surface area contributed by atoms with Crippen molar-refractivity contribution in [2.75, 3.05) is 30.7 Å². The zero-order valence-corrected chi connectivity index (χ0v) is 22.8. The summed E-state index contributed by atoms with van der Waals surface area (Å²) in [5, 5.41) is 17.5. The van der Waals surface area contributed by atoms with Gasteiger partial charge in [-0.05, 0) is 6.92 Å². The number of alkyl halides is 1.